The van der Waals surface area contributed by atoms with Crippen LogP contribution in [0.1, 0.15) is 19.3 Å². The average molecular weight is 299 g/mol. The first-order valence-electron chi connectivity index (χ1n) is 6.64. The van der Waals surface area contributed by atoms with Crippen molar-refractivity contribution in [2.75, 3.05) is 11.9 Å². The van der Waals surface area contributed by atoms with Crippen molar-refractivity contribution in [3.63, 3.8) is 0 Å². The smallest absolute Gasteiger partial charge is 0.348 e. The van der Waals surface area contributed by atoms with Crippen molar-refractivity contribution < 1.29 is 10.0 Å². The molecule has 0 spiro atoms. The fourth-order valence-corrected chi connectivity index (χ4v) is 3.60. The van der Waals surface area contributed by atoms with Crippen LogP contribution in [0.15, 0.2) is 6.33 Å². The van der Waals surface area contributed by atoms with Crippen molar-refractivity contribution in [2.24, 2.45) is 17.8 Å². The Kier molecular flexibility index (Phi) is 3.47. The Morgan fingerprint density at radius 3 is 3.00 bits per heavy atom. The van der Waals surface area contributed by atoms with Crippen LogP contribution in [0.5, 0.6) is 0 Å². The van der Waals surface area contributed by atoms with Crippen molar-refractivity contribution in [1.82, 2.24) is 9.97 Å². The molecule has 4 atom stereocenters. The van der Waals surface area contributed by atoms with Gasteiger partial charge in [0.15, 0.2) is 0 Å². The number of nitrogens with zero attached hydrogens (tertiary/aromatic N) is 3. The summed E-state index contributed by atoms with van der Waals surface area (Å²) in [5.41, 5.74) is -0.280. The van der Waals surface area contributed by atoms with Gasteiger partial charge in [-0.2, -0.15) is 0 Å². The van der Waals surface area contributed by atoms with Gasteiger partial charge in [-0.1, -0.05) is 11.6 Å². The molecule has 2 saturated carbocycles. The lowest BCUT2D eigenvalue weighted by Crippen LogP contribution is -2.28. The number of nitrogens with one attached hydrogen (secondary N) is 1. The molecule has 108 valence electrons. The third-order valence-corrected chi connectivity index (χ3v) is 4.62. The molecule has 2 fully saturated rings. The molecule has 2 aliphatic carbocycles. The number of nitro groups is 1. The van der Waals surface area contributed by atoms with E-state index in [1.54, 1.807) is 0 Å². The van der Waals surface area contributed by atoms with Gasteiger partial charge in [-0.05, 0) is 37.0 Å². The van der Waals surface area contributed by atoms with Crippen LogP contribution in [0.25, 0.3) is 0 Å². The van der Waals surface area contributed by atoms with Crippen molar-refractivity contribution in [3.8, 4) is 0 Å². The van der Waals surface area contributed by atoms with Crippen molar-refractivity contribution in [1.29, 1.82) is 0 Å². The standard InChI is InChI=1S/C12H15ClN4O3/c13-11-10(17(19)20)12(15-5-14-11)16-9-4-6-3-8(6)7(9)1-2-18/h5-9,18H,1-4H2,(H,14,15,16)/t6-,7+,8+,9+/m1/s1. The molecule has 0 radical (unpaired) electrons. The zero-order valence-electron chi connectivity index (χ0n) is 10.7. The quantitative estimate of drug-likeness (QED) is 0.489. The van der Waals surface area contributed by atoms with E-state index in [0.717, 1.165) is 6.42 Å². The van der Waals surface area contributed by atoms with E-state index in [9.17, 15) is 10.1 Å². The van der Waals surface area contributed by atoms with Crippen LogP contribution in [0.2, 0.25) is 5.15 Å². The monoisotopic (exact) mass is 298 g/mol. The number of fused-ring (bicyclic) bond motifs is 1. The summed E-state index contributed by atoms with van der Waals surface area (Å²) < 4.78 is 0. The molecule has 1 heterocycles. The number of hydrogen-bond donors (Lipinski definition) is 2. The average Bonchev–Trinajstić information content (AvgIpc) is 3.07. The second kappa shape index (κ2) is 5.14. The maximum atomic E-state index is 11.1. The summed E-state index contributed by atoms with van der Waals surface area (Å²) in [5, 5.41) is 23.2. The molecule has 2 N–H and O–H groups in total. The predicted octanol–water partition coefficient (Wildman–Crippen LogP) is 1.86. The van der Waals surface area contributed by atoms with Gasteiger partial charge in [0.2, 0.25) is 11.0 Å². The number of hydrogen-bond acceptors (Lipinski definition) is 6. The van der Waals surface area contributed by atoms with Gasteiger partial charge in [-0.15, -0.1) is 0 Å². The summed E-state index contributed by atoms with van der Waals surface area (Å²) in [4.78, 5) is 18.1. The van der Waals surface area contributed by atoms with Crippen molar-refractivity contribution >= 4 is 23.1 Å². The topological polar surface area (TPSA) is 101 Å². The summed E-state index contributed by atoms with van der Waals surface area (Å²) in [6.45, 7) is 0.138. The van der Waals surface area contributed by atoms with Gasteiger partial charge >= 0.3 is 5.69 Å². The molecule has 3 rings (SSSR count). The van der Waals surface area contributed by atoms with Crippen LogP contribution in [0.4, 0.5) is 11.5 Å². The number of rotatable bonds is 5. The second-order valence-corrected chi connectivity index (χ2v) is 5.80. The zero-order valence-corrected chi connectivity index (χ0v) is 11.5. The van der Waals surface area contributed by atoms with Gasteiger partial charge in [-0.3, -0.25) is 10.1 Å². The van der Waals surface area contributed by atoms with Crippen LogP contribution in [0, 0.1) is 27.9 Å². The molecule has 0 aliphatic heterocycles. The highest BCUT2D eigenvalue weighted by Crippen LogP contribution is 2.57. The molecule has 0 amide bonds. The van der Waals surface area contributed by atoms with Crippen LogP contribution in [-0.2, 0) is 0 Å². The summed E-state index contributed by atoms with van der Waals surface area (Å²) >= 11 is 5.77. The second-order valence-electron chi connectivity index (χ2n) is 5.44. The van der Waals surface area contributed by atoms with Gasteiger partial charge in [0.25, 0.3) is 0 Å². The Morgan fingerprint density at radius 1 is 1.50 bits per heavy atom. The third kappa shape index (κ3) is 2.31. The molecule has 1 aromatic rings. The van der Waals surface area contributed by atoms with E-state index < -0.39 is 4.92 Å². The van der Waals surface area contributed by atoms with E-state index >= 15 is 0 Å². The first-order valence-corrected chi connectivity index (χ1v) is 7.02. The molecule has 7 nitrogen and oxygen atoms in total. The number of anilines is 1. The lowest BCUT2D eigenvalue weighted by atomic mass is 9.95. The molecule has 2 aliphatic rings. The van der Waals surface area contributed by atoms with Crippen molar-refractivity contribution in [3.05, 3.63) is 21.6 Å². The molecule has 0 bridgehead atoms. The van der Waals surface area contributed by atoms with E-state index in [4.69, 9.17) is 16.7 Å². The molecular weight excluding hydrogens is 284 g/mol. The number of aromatic nitrogens is 2. The minimum absolute atomic E-state index is 0.107. The first kappa shape index (κ1) is 13.5. The molecule has 1 aromatic heterocycles. The molecule has 8 heteroatoms. The molecular formula is C12H15ClN4O3. The van der Waals surface area contributed by atoms with Gasteiger partial charge in [0.05, 0.1) is 4.92 Å². The van der Waals surface area contributed by atoms with E-state index in [1.807, 2.05) is 0 Å². The molecule has 0 saturated heterocycles. The van der Waals surface area contributed by atoms with Gasteiger partial charge in [0.1, 0.15) is 6.33 Å². The highest BCUT2D eigenvalue weighted by atomic mass is 35.5. The highest BCUT2D eigenvalue weighted by Gasteiger charge is 2.53. The third-order valence-electron chi connectivity index (χ3n) is 4.35. The highest BCUT2D eigenvalue weighted by molar-refractivity contribution is 6.31. The van der Waals surface area contributed by atoms with Crippen LogP contribution in [0.3, 0.4) is 0 Å². The Hall–Kier alpha value is -1.47. The summed E-state index contributed by atoms with van der Waals surface area (Å²) in [5.74, 6) is 1.83. The maximum absolute atomic E-state index is 11.1. The van der Waals surface area contributed by atoms with E-state index in [2.05, 4.69) is 15.3 Å². The normalized spacial score (nSPS) is 30.9. The maximum Gasteiger partial charge on any atom is 0.348 e. The number of aliphatic hydroxyl groups excluding tert-OH is 1. The largest absolute Gasteiger partial charge is 0.396 e. The van der Waals surface area contributed by atoms with Crippen LogP contribution < -0.4 is 5.32 Å². The zero-order chi connectivity index (χ0) is 14.3. The van der Waals surface area contributed by atoms with Gasteiger partial charge in [0, 0.05) is 12.6 Å². The fraction of sp³-hybridized carbons (Fsp3) is 0.667. The molecule has 20 heavy (non-hydrogen) atoms. The van der Waals surface area contributed by atoms with Gasteiger partial charge < -0.3 is 10.4 Å². The van der Waals surface area contributed by atoms with Crippen LogP contribution >= 0.6 is 11.6 Å². The summed E-state index contributed by atoms with van der Waals surface area (Å²) in [7, 11) is 0. The lowest BCUT2D eigenvalue weighted by molar-refractivity contribution is -0.384. The van der Waals surface area contributed by atoms with Crippen LogP contribution in [-0.4, -0.2) is 32.6 Å². The number of aliphatic hydroxyl groups is 1. The Balaban J connectivity index is 1.81. The minimum atomic E-state index is -0.568. The minimum Gasteiger partial charge on any atom is -0.396 e. The Labute approximate surface area is 120 Å². The molecule has 0 aromatic carbocycles. The van der Waals surface area contributed by atoms with E-state index in [1.165, 1.54) is 12.7 Å². The van der Waals surface area contributed by atoms with Gasteiger partial charge in [-0.25, -0.2) is 9.97 Å². The van der Waals surface area contributed by atoms with E-state index in [0.29, 0.717) is 24.2 Å². The Morgan fingerprint density at radius 2 is 2.30 bits per heavy atom. The lowest BCUT2D eigenvalue weighted by Gasteiger charge is -2.23. The van der Waals surface area contributed by atoms with Crippen molar-refractivity contribution in [2.45, 2.75) is 25.3 Å². The number of halogens is 1. The Bertz CT molecular complexity index is 541. The molecule has 0 unspecified atom stereocenters. The predicted molar refractivity (Wildman–Crippen MR) is 72.5 cm³/mol. The summed E-state index contributed by atoms with van der Waals surface area (Å²) in [6.07, 6.45) is 4.10. The first-order chi connectivity index (χ1) is 9.61. The SMILES string of the molecule is O=[N+]([O-])c1c(Cl)ncnc1N[C@H]1C[C@H]2C[C@@H]2[C@@H]1CCO. The summed E-state index contributed by atoms with van der Waals surface area (Å²) in [6, 6.07) is 0.107. The van der Waals surface area contributed by atoms with E-state index in [-0.39, 0.29) is 29.3 Å². The fourth-order valence-electron chi connectivity index (χ4n) is 3.40.